The minimum atomic E-state index is -3.83. The van der Waals surface area contributed by atoms with E-state index in [4.69, 9.17) is 11.6 Å². The van der Waals surface area contributed by atoms with Crippen molar-refractivity contribution in [3.8, 4) is 34.8 Å². The number of benzene rings is 2. The molecule has 0 radical (unpaired) electrons. The summed E-state index contributed by atoms with van der Waals surface area (Å²) in [5.41, 5.74) is -2.86. The van der Waals surface area contributed by atoms with Crippen molar-refractivity contribution < 1.29 is 44.7 Å². The highest BCUT2D eigenvalue weighted by atomic mass is 35.5. The summed E-state index contributed by atoms with van der Waals surface area (Å²) >= 11 is 6.49. The topological polar surface area (TPSA) is 155 Å². The first-order valence-corrected chi connectivity index (χ1v) is 18.9. The van der Waals surface area contributed by atoms with Crippen LogP contribution in [0.15, 0.2) is 42.5 Å². The predicted molar refractivity (Wildman–Crippen MR) is 192 cm³/mol. The maximum absolute atomic E-state index is 15.5. The van der Waals surface area contributed by atoms with Crippen molar-refractivity contribution in [1.29, 1.82) is 0 Å². The van der Waals surface area contributed by atoms with Crippen LogP contribution in [0.5, 0.6) is 0 Å². The Morgan fingerprint density at radius 2 is 1.80 bits per heavy atom. The highest BCUT2D eigenvalue weighted by Gasteiger charge is 2.60. The van der Waals surface area contributed by atoms with Gasteiger partial charge in [0.2, 0.25) is 15.9 Å². The van der Waals surface area contributed by atoms with E-state index in [9.17, 15) is 35.9 Å². The van der Waals surface area contributed by atoms with E-state index in [-0.39, 0.29) is 50.7 Å². The second kappa shape index (κ2) is 13.9. The Morgan fingerprint density at radius 3 is 2.43 bits per heavy atom. The second-order valence-electron chi connectivity index (χ2n) is 13.8. The average molecular weight is 816 g/mol. The highest BCUT2D eigenvalue weighted by Crippen LogP contribution is 2.57. The zero-order valence-corrected chi connectivity index (χ0v) is 30.9. The molecule has 290 valence electrons. The minimum Gasteiger partial charge on any atom is -0.378 e. The van der Waals surface area contributed by atoms with E-state index in [1.807, 2.05) is 0 Å². The number of amides is 1. The van der Waals surface area contributed by atoms with Gasteiger partial charge >= 0.3 is 5.92 Å². The standard InChI is InChI=1S/C37H28ClF6N7O4S/c1-36(2,53)11-10-20-4-5-21(22-7-9-25(38)29-31(22)47-48-35(29)50-56(3,54)55)30(45-20)26(14-17-12-18(39)15-19(40)13-17)46-27(52)16-51-33-28(32(49-51)34(41)42)23-6-8-24(23)37(33,43)44/h4-5,7,9,12-13,15,23-24,26,34,53H,14,16H2,1-3H3,(H,46,52)(H2,47,48,50)/t23-,24+,26-/m0/s1. The number of hydrogen-bond donors (Lipinski definition) is 4. The Labute approximate surface area is 319 Å². The van der Waals surface area contributed by atoms with Gasteiger partial charge in [-0.15, -0.1) is 0 Å². The zero-order valence-electron chi connectivity index (χ0n) is 29.3. The smallest absolute Gasteiger partial charge is 0.304 e. The fourth-order valence-electron chi connectivity index (χ4n) is 6.74. The summed E-state index contributed by atoms with van der Waals surface area (Å²) in [6.07, 6.45) is -2.70. The molecule has 0 spiro atoms. The monoisotopic (exact) mass is 815 g/mol. The van der Waals surface area contributed by atoms with Crippen molar-refractivity contribution in [2.24, 2.45) is 5.92 Å². The molecule has 2 aromatic carbocycles. The van der Waals surface area contributed by atoms with Crippen molar-refractivity contribution in [1.82, 2.24) is 30.3 Å². The highest BCUT2D eigenvalue weighted by molar-refractivity contribution is 7.92. The number of fused-ring (bicyclic) bond motifs is 4. The molecule has 56 heavy (non-hydrogen) atoms. The predicted octanol–water partition coefficient (Wildman–Crippen LogP) is 6.11. The van der Waals surface area contributed by atoms with Gasteiger partial charge in [0.1, 0.15) is 46.8 Å². The van der Waals surface area contributed by atoms with Crippen LogP contribution in [0.1, 0.15) is 66.1 Å². The van der Waals surface area contributed by atoms with Crippen LogP contribution in [0.2, 0.25) is 5.02 Å². The molecule has 0 saturated heterocycles. The normalized spacial score (nSPS) is 17.3. The third kappa shape index (κ3) is 7.39. The molecule has 0 unspecified atom stereocenters. The van der Waals surface area contributed by atoms with Crippen LogP contribution >= 0.6 is 11.6 Å². The summed E-state index contributed by atoms with van der Waals surface area (Å²) < 4.78 is 115. The summed E-state index contributed by atoms with van der Waals surface area (Å²) in [6.45, 7) is 1.88. The number of aromatic nitrogens is 5. The van der Waals surface area contributed by atoms with Crippen LogP contribution in [0.4, 0.5) is 32.2 Å². The van der Waals surface area contributed by atoms with Gasteiger partial charge in [0.15, 0.2) is 5.82 Å². The van der Waals surface area contributed by atoms with Crippen LogP contribution in [0.25, 0.3) is 22.0 Å². The number of anilines is 1. The number of aromatic amines is 1. The number of hydrogen-bond acceptors (Lipinski definition) is 7. The van der Waals surface area contributed by atoms with Crippen LogP contribution in [-0.2, 0) is 33.7 Å². The molecule has 0 fully saturated rings. The van der Waals surface area contributed by atoms with Crippen LogP contribution in [0, 0.1) is 41.2 Å². The lowest BCUT2D eigenvalue weighted by atomic mass is 9.84. The number of nitrogens with zero attached hydrogens (tertiary/aromatic N) is 4. The molecule has 2 aliphatic carbocycles. The van der Waals surface area contributed by atoms with Gasteiger partial charge < -0.3 is 10.4 Å². The molecule has 3 aromatic heterocycles. The Bertz CT molecular complexity index is 2670. The van der Waals surface area contributed by atoms with Gasteiger partial charge in [0.25, 0.3) is 6.43 Å². The summed E-state index contributed by atoms with van der Waals surface area (Å²) in [7, 11) is -3.83. The van der Waals surface area contributed by atoms with Crippen molar-refractivity contribution in [2.75, 3.05) is 11.0 Å². The summed E-state index contributed by atoms with van der Waals surface area (Å²) in [6, 6.07) is 7.28. The minimum absolute atomic E-state index is 0.00264. The summed E-state index contributed by atoms with van der Waals surface area (Å²) in [4.78, 5) is 18.6. The molecule has 11 nitrogen and oxygen atoms in total. The Balaban J connectivity index is 1.37. The molecular weight excluding hydrogens is 788 g/mol. The van der Waals surface area contributed by atoms with Gasteiger partial charge in [-0.1, -0.05) is 35.4 Å². The molecular formula is C37H28ClF6N7O4S. The number of pyridine rings is 1. The fourth-order valence-corrected chi connectivity index (χ4v) is 7.49. The maximum atomic E-state index is 15.5. The molecule has 0 saturated carbocycles. The van der Waals surface area contributed by atoms with E-state index in [1.165, 1.54) is 38.1 Å². The van der Waals surface area contributed by atoms with Gasteiger partial charge in [-0.05, 0) is 62.1 Å². The molecule has 1 amide bonds. The Morgan fingerprint density at radius 1 is 1.11 bits per heavy atom. The van der Waals surface area contributed by atoms with Gasteiger partial charge in [-0.2, -0.15) is 19.0 Å². The van der Waals surface area contributed by atoms with E-state index in [0.717, 1.165) is 18.4 Å². The number of halogens is 7. The van der Waals surface area contributed by atoms with Gasteiger partial charge in [-0.3, -0.25) is 19.3 Å². The summed E-state index contributed by atoms with van der Waals surface area (Å²) in [5.74, 6) is 0.679. The van der Waals surface area contributed by atoms with E-state index in [1.54, 1.807) is 0 Å². The van der Waals surface area contributed by atoms with Crippen molar-refractivity contribution in [3.63, 3.8) is 0 Å². The number of carbonyl (C=O) groups excluding carboxylic acids is 1. The van der Waals surface area contributed by atoms with E-state index >= 15 is 8.78 Å². The summed E-state index contributed by atoms with van der Waals surface area (Å²) in [5, 5.41) is 23.7. The molecule has 4 N–H and O–H groups in total. The van der Waals surface area contributed by atoms with Crippen molar-refractivity contribution in [2.45, 2.75) is 56.7 Å². The number of rotatable bonds is 10. The van der Waals surface area contributed by atoms with Gasteiger partial charge in [0.05, 0.1) is 39.8 Å². The lowest BCUT2D eigenvalue weighted by Crippen LogP contribution is -2.36. The lowest BCUT2D eigenvalue weighted by molar-refractivity contribution is -0.123. The average Bonchev–Trinajstić information content (AvgIpc) is 3.68. The molecule has 19 heteroatoms. The third-order valence-electron chi connectivity index (χ3n) is 8.95. The number of nitrogens with one attached hydrogen (secondary N) is 3. The zero-order chi connectivity index (χ0) is 40.5. The first kappa shape index (κ1) is 38.7. The number of sulfonamides is 1. The number of carbonyl (C=O) groups is 1. The number of aliphatic hydroxyl groups is 1. The maximum Gasteiger partial charge on any atom is 0.304 e. The van der Waals surface area contributed by atoms with Crippen molar-refractivity contribution in [3.05, 3.63) is 93.0 Å². The number of H-pyrrole nitrogens is 1. The molecule has 3 heterocycles. The third-order valence-corrected chi connectivity index (χ3v) is 9.83. The molecule has 3 atom stereocenters. The van der Waals surface area contributed by atoms with E-state index in [2.05, 4.69) is 54.0 Å². The Hall–Kier alpha value is -5.56. The van der Waals surface area contributed by atoms with Crippen LogP contribution in [0.3, 0.4) is 0 Å². The first-order valence-electron chi connectivity index (χ1n) is 16.6. The first-order chi connectivity index (χ1) is 26.2. The molecule has 2 aliphatic rings. The SMILES string of the molecule is CC(C)(O)C#Cc1ccc(-c2ccc(Cl)c3c(NS(C)(=O)=O)n[nH]c23)c([C@H](Cc2cc(F)cc(F)c2)NC(=O)Cn2nc(C(F)F)c3c2C(F)(F)[C@@H]2C#C[C@H]32)n1. The van der Waals surface area contributed by atoms with Gasteiger partial charge in [-0.25, -0.2) is 31.0 Å². The Kier molecular flexibility index (Phi) is 9.59. The van der Waals surface area contributed by atoms with E-state index in [0.29, 0.717) is 16.3 Å². The van der Waals surface area contributed by atoms with Crippen LogP contribution < -0.4 is 10.0 Å². The second-order valence-corrected chi connectivity index (χ2v) is 16.0. The van der Waals surface area contributed by atoms with Crippen LogP contribution in [-0.4, -0.2) is 56.3 Å². The molecule has 0 aliphatic heterocycles. The lowest BCUT2D eigenvalue weighted by Gasteiger charge is -2.24. The fraction of sp³-hybridized carbons (Fsp3) is 0.297. The molecule has 5 aromatic rings. The molecule has 7 rings (SSSR count). The van der Waals surface area contributed by atoms with Crippen molar-refractivity contribution >= 4 is 44.3 Å². The largest absolute Gasteiger partial charge is 0.378 e. The van der Waals surface area contributed by atoms with Gasteiger partial charge in [0, 0.05) is 22.8 Å². The number of alkyl halides is 4. The molecule has 0 bridgehead atoms. The quantitative estimate of drug-likeness (QED) is 0.0981. The van der Waals surface area contributed by atoms with E-state index < -0.39 is 86.9 Å².